The topological polar surface area (TPSA) is 12.9 Å². The van der Waals surface area contributed by atoms with Gasteiger partial charge in [0.1, 0.15) is 0 Å². The second kappa shape index (κ2) is 4.84. The zero-order valence-electron chi connectivity index (χ0n) is 10.3. The molecule has 0 fully saturated rings. The van der Waals surface area contributed by atoms with Crippen molar-refractivity contribution < 1.29 is 0 Å². The minimum absolute atomic E-state index is 0.619. The van der Waals surface area contributed by atoms with Gasteiger partial charge in [-0.1, -0.05) is 65.2 Å². The van der Waals surface area contributed by atoms with Gasteiger partial charge in [0.25, 0.3) is 0 Å². The van der Waals surface area contributed by atoms with Crippen LogP contribution < -0.4 is 0 Å². The highest BCUT2D eigenvalue weighted by molar-refractivity contribution is 6.39. The molecule has 2 aromatic carbocycles. The lowest BCUT2D eigenvalue weighted by atomic mass is 10.1. The highest BCUT2D eigenvalue weighted by Gasteiger charge is 2.08. The van der Waals surface area contributed by atoms with Crippen LogP contribution in [0.4, 0.5) is 0 Å². The van der Waals surface area contributed by atoms with Gasteiger partial charge >= 0.3 is 0 Å². The van der Waals surface area contributed by atoms with Crippen LogP contribution in [0.2, 0.25) is 10.0 Å². The van der Waals surface area contributed by atoms with Gasteiger partial charge in [-0.25, -0.2) is 4.98 Å². The van der Waals surface area contributed by atoms with Crippen molar-refractivity contribution in [3.63, 3.8) is 0 Å². The number of rotatable bonds is 1. The van der Waals surface area contributed by atoms with Gasteiger partial charge in [0.15, 0.2) is 0 Å². The molecule has 3 heteroatoms. The lowest BCUT2D eigenvalue weighted by molar-refractivity contribution is 1.38. The summed E-state index contributed by atoms with van der Waals surface area (Å²) >= 11 is 12.5. The fraction of sp³-hybridized carbons (Fsp3) is 0.0625. The largest absolute Gasteiger partial charge is 0.246 e. The Labute approximate surface area is 121 Å². The van der Waals surface area contributed by atoms with E-state index in [1.165, 1.54) is 5.56 Å². The molecular weight excluding hydrogens is 277 g/mol. The molecule has 1 nitrogen and oxygen atoms in total. The summed E-state index contributed by atoms with van der Waals surface area (Å²) in [4.78, 5) is 4.62. The van der Waals surface area contributed by atoms with E-state index in [9.17, 15) is 0 Å². The molecule has 0 bridgehead atoms. The van der Waals surface area contributed by atoms with Gasteiger partial charge < -0.3 is 0 Å². The summed E-state index contributed by atoms with van der Waals surface area (Å²) in [6, 6.07) is 15.7. The zero-order chi connectivity index (χ0) is 13.4. The number of halogens is 2. The van der Waals surface area contributed by atoms with Gasteiger partial charge in [0, 0.05) is 10.9 Å². The molecule has 3 aromatic rings. The van der Waals surface area contributed by atoms with E-state index in [1.807, 2.05) is 36.4 Å². The van der Waals surface area contributed by atoms with Crippen molar-refractivity contribution in [2.45, 2.75) is 6.92 Å². The molecule has 0 N–H and O–H groups in total. The van der Waals surface area contributed by atoms with Gasteiger partial charge in [0.2, 0.25) is 0 Å². The van der Waals surface area contributed by atoms with Crippen molar-refractivity contribution in [1.29, 1.82) is 0 Å². The van der Waals surface area contributed by atoms with Gasteiger partial charge in [-0.15, -0.1) is 0 Å². The highest BCUT2D eigenvalue weighted by Crippen LogP contribution is 2.31. The molecule has 0 aliphatic carbocycles. The van der Waals surface area contributed by atoms with Crippen molar-refractivity contribution in [1.82, 2.24) is 4.98 Å². The fourth-order valence-electron chi connectivity index (χ4n) is 2.04. The van der Waals surface area contributed by atoms with Crippen molar-refractivity contribution in [3.8, 4) is 11.3 Å². The Bertz CT molecular complexity index is 749. The van der Waals surface area contributed by atoms with E-state index < -0.39 is 0 Å². The Hall–Kier alpha value is -1.57. The van der Waals surface area contributed by atoms with E-state index in [-0.39, 0.29) is 0 Å². The number of para-hydroxylation sites is 1. The predicted molar refractivity (Wildman–Crippen MR) is 81.9 cm³/mol. The second-order valence-corrected chi connectivity index (χ2v) is 5.31. The van der Waals surface area contributed by atoms with Crippen LogP contribution in [-0.4, -0.2) is 4.98 Å². The maximum atomic E-state index is 6.32. The number of hydrogen-bond acceptors (Lipinski definition) is 1. The number of aryl methyl sites for hydroxylation is 1. The number of aromatic nitrogens is 1. The first-order valence-electron chi connectivity index (χ1n) is 5.97. The SMILES string of the molecule is Cc1ccc(-c2cc(Cl)c3cccc(Cl)c3n2)cc1. The average Bonchev–Trinajstić information content (AvgIpc) is 2.41. The van der Waals surface area contributed by atoms with Crippen LogP contribution >= 0.6 is 23.2 Å². The first-order chi connectivity index (χ1) is 9.15. The molecular formula is C16H11Cl2N. The number of hydrogen-bond donors (Lipinski definition) is 0. The molecule has 1 aromatic heterocycles. The van der Waals surface area contributed by atoms with Gasteiger partial charge in [-0.3, -0.25) is 0 Å². The Morgan fingerprint density at radius 1 is 0.895 bits per heavy atom. The van der Waals surface area contributed by atoms with Crippen LogP contribution in [0, 0.1) is 6.92 Å². The molecule has 0 saturated heterocycles. The minimum Gasteiger partial charge on any atom is -0.246 e. The molecule has 1 heterocycles. The minimum atomic E-state index is 0.619. The maximum Gasteiger partial charge on any atom is 0.0910 e. The molecule has 0 amide bonds. The van der Waals surface area contributed by atoms with E-state index in [2.05, 4.69) is 24.0 Å². The third-order valence-electron chi connectivity index (χ3n) is 3.09. The highest BCUT2D eigenvalue weighted by atomic mass is 35.5. The van der Waals surface area contributed by atoms with Crippen LogP contribution in [0.1, 0.15) is 5.56 Å². The molecule has 0 aliphatic heterocycles. The second-order valence-electron chi connectivity index (χ2n) is 4.49. The van der Waals surface area contributed by atoms with Gasteiger partial charge in [-0.2, -0.15) is 0 Å². The molecule has 0 saturated carbocycles. The monoisotopic (exact) mass is 287 g/mol. The molecule has 0 aliphatic rings. The predicted octanol–water partition coefficient (Wildman–Crippen LogP) is 5.52. The Balaban J connectivity index is 2.25. The first-order valence-corrected chi connectivity index (χ1v) is 6.72. The van der Waals surface area contributed by atoms with Crippen LogP contribution in [0.25, 0.3) is 22.2 Å². The van der Waals surface area contributed by atoms with Crippen LogP contribution in [0.15, 0.2) is 48.5 Å². The quantitative estimate of drug-likeness (QED) is 0.574. The summed E-state index contributed by atoms with van der Waals surface area (Å²) in [5.41, 5.74) is 3.83. The van der Waals surface area contributed by atoms with E-state index in [1.54, 1.807) is 0 Å². The number of benzene rings is 2. The lowest BCUT2D eigenvalue weighted by Gasteiger charge is -2.07. The third kappa shape index (κ3) is 2.32. The molecule has 0 spiro atoms. The molecule has 94 valence electrons. The summed E-state index contributed by atoms with van der Waals surface area (Å²) in [5, 5.41) is 2.17. The Morgan fingerprint density at radius 2 is 1.63 bits per heavy atom. The van der Waals surface area contributed by atoms with E-state index in [0.717, 1.165) is 22.2 Å². The van der Waals surface area contributed by atoms with Crippen LogP contribution in [0.3, 0.4) is 0 Å². The number of pyridine rings is 1. The summed E-state index contributed by atoms with van der Waals surface area (Å²) in [6.45, 7) is 2.06. The van der Waals surface area contributed by atoms with Crippen molar-refractivity contribution in [3.05, 3.63) is 64.1 Å². The van der Waals surface area contributed by atoms with E-state index in [0.29, 0.717) is 10.0 Å². The standard InChI is InChI=1S/C16H11Cl2N/c1-10-5-7-11(8-6-10)15-9-14(18)12-3-2-4-13(17)16(12)19-15/h2-9H,1H3. The van der Waals surface area contributed by atoms with Gasteiger partial charge in [-0.05, 0) is 19.1 Å². The van der Waals surface area contributed by atoms with Crippen molar-refractivity contribution >= 4 is 34.1 Å². The Morgan fingerprint density at radius 3 is 2.37 bits per heavy atom. The lowest BCUT2D eigenvalue weighted by Crippen LogP contribution is -1.87. The Kier molecular flexibility index (Phi) is 3.17. The summed E-state index contributed by atoms with van der Waals surface area (Å²) in [7, 11) is 0. The fourth-order valence-corrected chi connectivity index (χ4v) is 2.52. The van der Waals surface area contributed by atoms with E-state index in [4.69, 9.17) is 23.2 Å². The van der Waals surface area contributed by atoms with Gasteiger partial charge in [0.05, 0.1) is 21.3 Å². The summed E-state index contributed by atoms with van der Waals surface area (Å²) < 4.78 is 0. The molecule has 3 rings (SSSR count). The van der Waals surface area contributed by atoms with Crippen molar-refractivity contribution in [2.24, 2.45) is 0 Å². The molecule has 19 heavy (non-hydrogen) atoms. The smallest absolute Gasteiger partial charge is 0.0910 e. The van der Waals surface area contributed by atoms with Crippen LogP contribution in [-0.2, 0) is 0 Å². The first kappa shape index (κ1) is 12.5. The van der Waals surface area contributed by atoms with Crippen molar-refractivity contribution in [2.75, 3.05) is 0 Å². The zero-order valence-corrected chi connectivity index (χ0v) is 11.8. The average molecular weight is 288 g/mol. The third-order valence-corrected chi connectivity index (χ3v) is 3.70. The molecule has 0 unspecified atom stereocenters. The molecule has 0 radical (unpaired) electrons. The van der Waals surface area contributed by atoms with E-state index >= 15 is 0 Å². The van der Waals surface area contributed by atoms with Crippen LogP contribution in [0.5, 0.6) is 0 Å². The molecule has 0 atom stereocenters. The maximum absolute atomic E-state index is 6.32. The summed E-state index contributed by atoms with van der Waals surface area (Å²) in [6.07, 6.45) is 0. The summed E-state index contributed by atoms with van der Waals surface area (Å²) in [5.74, 6) is 0. The number of fused-ring (bicyclic) bond motifs is 1. The normalized spacial score (nSPS) is 10.9. The number of nitrogens with zero attached hydrogens (tertiary/aromatic N) is 1.